The second kappa shape index (κ2) is 7.23. The fourth-order valence-electron chi connectivity index (χ4n) is 3.06. The van der Waals surface area contributed by atoms with Gasteiger partial charge in [-0.2, -0.15) is 5.10 Å². The van der Waals surface area contributed by atoms with Gasteiger partial charge in [0.2, 0.25) is 0 Å². The number of aromatic nitrogens is 3. The van der Waals surface area contributed by atoms with Crippen molar-refractivity contribution < 1.29 is 14.1 Å². The molecule has 0 saturated heterocycles. The van der Waals surface area contributed by atoms with Crippen LogP contribution in [0.15, 0.2) is 53.1 Å². The summed E-state index contributed by atoms with van der Waals surface area (Å²) in [4.78, 5) is 25.3. The number of rotatable bonds is 4. The van der Waals surface area contributed by atoms with Crippen LogP contribution in [0.4, 0.5) is 0 Å². The van der Waals surface area contributed by atoms with E-state index in [1.807, 2.05) is 18.2 Å². The normalized spacial score (nSPS) is 10.9. The molecule has 4 aromatic rings. The summed E-state index contributed by atoms with van der Waals surface area (Å²) in [6, 6.07) is 14.3. The summed E-state index contributed by atoms with van der Waals surface area (Å²) in [6.45, 7) is 0. The second-order valence-electron chi connectivity index (χ2n) is 6.77. The Kier molecular flexibility index (Phi) is 4.59. The number of amides is 2. The Morgan fingerprint density at radius 2 is 1.76 bits per heavy atom. The van der Waals surface area contributed by atoms with E-state index in [0.29, 0.717) is 28.3 Å². The summed E-state index contributed by atoms with van der Waals surface area (Å²) in [6.07, 6.45) is 0. The van der Waals surface area contributed by atoms with Gasteiger partial charge in [-0.1, -0.05) is 17.3 Å². The number of nitrogens with one attached hydrogen (secondary N) is 2. The lowest BCUT2D eigenvalue weighted by molar-refractivity contribution is 0.0827. The molecule has 146 valence electrons. The fourth-order valence-corrected chi connectivity index (χ4v) is 3.06. The van der Waals surface area contributed by atoms with Crippen LogP contribution in [-0.2, 0) is 0 Å². The van der Waals surface area contributed by atoms with Crippen LogP contribution in [0.1, 0.15) is 20.7 Å². The summed E-state index contributed by atoms with van der Waals surface area (Å²) < 4.78 is 5.50. The Balaban J connectivity index is 1.64. The SMILES string of the molecule is CNC(=O)c1ccc2c(-c3cc(-c4ccc(C(=O)N(C)C)cc4)no3)n[nH]c2c1. The second-order valence-corrected chi connectivity index (χ2v) is 6.77. The fraction of sp³-hybridized carbons (Fsp3) is 0.143. The summed E-state index contributed by atoms with van der Waals surface area (Å²) in [5.74, 6) is 0.282. The predicted molar refractivity (Wildman–Crippen MR) is 108 cm³/mol. The van der Waals surface area contributed by atoms with E-state index in [-0.39, 0.29) is 11.8 Å². The monoisotopic (exact) mass is 389 g/mol. The molecular formula is C21H19N5O3. The molecule has 2 amide bonds. The van der Waals surface area contributed by atoms with Gasteiger partial charge in [0.05, 0.1) is 5.52 Å². The maximum Gasteiger partial charge on any atom is 0.253 e. The van der Waals surface area contributed by atoms with Crippen molar-refractivity contribution >= 4 is 22.7 Å². The molecule has 0 aliphatic heterocycles. The topological polar surface area (TPSA) is 104 Å². The van der Waals surface area contributed by atoms with Gasteiger partial charge in [-0.05, 0) is 30.3 Å². The first-order valence-corrected chi connectivity index (χ1v) is 8.97. The highest BCUT2D eigenvalue weighted by atomic mass is 16.5. The van der Waals surface area contributed by atoms with Crippen LogP contribution in [0.25, 0.3) is 33.6 Å². The number of fused-ring (bicyclic) bond motifs is 1. The minimum atomic E-state index is -0.166. The molecule has 29 heavy (non-hydrogen) atoms. The lowest BCUT2D eigenvalue weighted by atomic mass is 10.1. The summed E-state index contributed by atoms with van der Waals surface area (Å²) in [5, 5.41) is 14.8. The highest BCUT2D eigenvalue weighted by molar-refractivity contribution is 6.00. The van der Waals surface area contributed by atoms with Crippen molar-refractivity contribution in [2.24, 2.45) is 0 Å². The first-order chi connectivity index (χ1) is 14.0. The molecule has 4 rings (SSSR count). The molecule has 0 aliphatic rings. The van der Waals surface area contributed by atoms with Gasteiger partial charge in [-0.3, -0.25) is 14.7 Å². The maximum atomic E-state index is 12.0. The van der Waals surface area contributed by atoms with Gasteiger partial charge >= 0.3 is 0 Å². The third-order valence-electron chi connectivity index (χ3n) is 4.63. The third-order valence-corrected chi connectivity index (χ3v) is 4.63. The molecular weight excluding hydrogens is 370 g/mol. The minimum Gasteiger partial charge on any atom is -0.355 e. The van der Waals surface area contributed by atoms with Crippen LogP contribution in [0.2, 0.25) is 0 Å². The number of nitrogens with zero attached hydrogens (tertiary/aromatic N) is 3. The molecule has 0 radical (unpaired) electrons. The van der Waals surface area contributed by atoms with Crippen LogP contribution in [0.3, 0.4) is 0 Å². The van der Waals surface area contributed by atoms with Gasteiger partial charge in [0.15, 0.2) is 5.76 Å². The van der Waals surface area contributed by atoms with Gasteiger partial charge in [0.1, 0.15) is 11.4 Å². The number of carbonyl (C=O) groups excluding carboxylic acids is 2. The number of H-pyrrole nitrogens is 1. The Bertz CT molecular complexity index is 1200. The molecule has 0 atom stereocenters. The van der Waals surface area contributed by atoms with E-state index in [2.05, 4.69) is 20.7 Å². The summed E-state index contributed by atoms with van der Waals surface area (Å²) >= 11 is 0. The molecule has 0 bridgehead atoms. The molecule has 0 spiro atoms. The van der Waals surface area contributed by atoms with Crippen LogP contribution in [-0.4, -0.2) is 53.2 Å². The largest absolute Gasteiger partial charge is 0.355 e. The van der Waals surface area contributed by atoms with Crippen molar-refractivity contribution in [2.45, 2.75) is 0 Å². The van der Waals surface area contributed by atoms with E-state index in [1.165, 1.54) is 4.90 Å². The molecule has 2 N–H and O–H groups in total. The molecule has 0 fully saturated rings. The zero-order valence-electron chi connectivity index (χ0n) is 16.2. The Morgan fingerprint density at radius 3 is 2.45 bits per heavy atom. The van der Waals surface area contributed by atoms with Gasteiger partial charge in [0.25, 0.3) is 11.8 Å². The van der Waals surface area contributed by atoms with Gasteiger partial charge in [0, 0.05) is 49.3 Å². The number of carbonyl (C=O) groups is 2. The Labute approximate surface area is 166 Å². The molecule has 8 nitrogen and oxygen atoms in total. The first kappa shape index (κ1) is 18.4. The highest BCUT2D eigenvalue weighted by Crippen LogP contribution is 2.30. The zero-order chi connectivity index (χ0) is 20.5. The van der Waals surface area contributed by atoms with E-state index in [1.54, 1.807) is 51.5 Å². The maximum absolute atomic E-state index is 12.0. The molecule has 0 aliphatic carbocycles. The Hall–Kier alpha value is -3.94. The number of aromatic amines is 1. The number of hydrogen-bond acceptors (Lipinski definition) is 5. The highest BCUT2D eigenvalue weighted by Gasteiger charge is 2.16. The standard InChI is InChI=1S/C21H19N5O3/c1-22-20(27)14-8-9-15-17(10-14)23-24-19(15)18-11-16(25-29-18)12-4-6-13(7-5-12)21(28)26(2)3/h4-11H,1-3H3,(H,22,27)(H,23,24). The summed E-state index contributed by atoms with van der Waals surface area (Å²) in [5.41, 5.74) is 3.96. The van der Waals surface area contributed by atoms with E-state index in [4.69, 9.17) is 4.52 Å². The number of hydrogen-bond donors (Lipinski definition) is 2. The van der Waals surface area contributed by atoms with Crippen LogP contribution >= 0.6 is 0 Å². The smallest absolute Gasteiger partial charge is 0.253 e. The van der Waals surface area contributed by atoms with Crippen molar-refractivity contribution in [3.63, 3.8) is 0 Å². The third kappa shape index (κ3) is 3.36. The first-order valence-electron chi connectivity index (χ1n) is 8.97. The van der Waals surface area contributed by atoms with Crippen LogP contribution in [0, 0.1) is 0 Å². The van der Waals surface area contributed by atoms with Crippen molar-refractivity contribution in [1.82, 2.24) is 25.6 Å². The zero-order valence-corrected chi connectivity index (χ0v) is 16.2. The average molecular weight is 389 g/mol. The number of benzene rings is 2. The molecule has 0 saturated carbocycles. The van der Waals surface area contributed by atoms with E-state index in [9.17, 15) is 9.59 Å². The molecule has 0 unspecified atom stereocenters. The molecule has 2 aromatic heterocycles. The van der Waals surface area contributed by atoms with Gasteiger partial charge < -0.3 is 14.7 Å². The van der Waals surface area contributed by atoms with E-state index >= 15 is 0 Å². The minimum absolute atomic E-state index is 0.0588. The van der Waals surface area contributed by atoms with Crippen molar-refractivity contribution in [2.75, 3.05) is 21.1 Å². The predicted octanol–water partition coefficient (Wildman–Crippen LogP) is 2.95. The van der Waals surface area contributed by atoms with E-state index < -0.39 is 0 Å². The average Bonchev–Trinajstić information content (AvgIpc) is 3.39. The van der Waals surface area contributed by atoms with Gasteiger partial charge in [-0.25, -0.2) is 0 Å². The van der Waals surface area contributed by atoms with Crippen molar-refractivity contribution in [3.05, 3.63) is 59.7 Å². The summed E-state index contributed by atoms with van der Waals surface area (Å²) in [7, 11) is 5.02. The lowest BCUT2D eigenvalue weighted by Crippen LogP contribution is -2.21. The Morgan fingerprint density at radius 1 is 1.03 bits per heavy atom. The van der Waals surface area contributed by atoms with Crippen LogP contribution in [0.5, 0.6) is 0 Å². The van der Waals surface area contributed by atoms with Crippen LogP contribution < -0.4 is 5.32 Å². The molecule has 2 heterocycles. The molecule has 8 heteroatoms. The van der Waals surface area contributed by atoms with E-state index in [0.717, 1.165) is 16.5 Å². The van der Waals surface area contributed by atoms with Crippen molar-refractivity contribution in [1.29, 1.82) is 0 Å². The quantitative estimate of drug-likeness (QED) is 0.558. The van der Waals surface area contributed by atoms with Gasteiger partial charge in [-0.15, -0.1) is 0 Å². The van der Waals surface area contributed by atoms with Crippen molar-refractivity contribution in [3.8, 4) is 22.7 Å². The lowest BCUT2D eigenvalue weighted by Gasteiger charge is -2.09. The molecule has 2 aromatic carbocycles.